The molecule has 0 N–H and O–H groups in total. The lowest BCUT2D eigenvalue weighted by molar-refractivity contribution is 0.275. The summed E-state index contributed by atoms with van der Waals surface area (Å²) >= 11 is 1.61. The van der Waals surface area contributed by atoms with Crippen LogP contribution in [-0.4, -0.2) is 55.2 Å². The van der Waals surface area contributed by atoms with Crippen molar-refractivity contribution in [2.24, 2.45) is 4.40 Å². The Morgan fingerprint density at radius 1 is 1.12 bits per heavy atom. The highest BCUT2D eigenvalue weighted by Gasteiger charge is 2.32. The lowest BCUT2D eigenvalue weighted by Gasteiger charge is -2.23. The Balaban J connectivity index is 1.52. The first-order valence-corrected chi connectivity index (χ1v) is 10.3. The van der Waals surface area contributed by atoms with E-state index >= 15 is 0 Å². The second-order valence-corrected chi connectivity index (χ2v) is 8.27. The van der Waals surface area contributed by atoms with Crippen molar-refractivity contribution in [3.63, 3.8) is 0 Å². The summed E-state index contributed by atoms with van der Waals surface area (Å²) in [5.74, 6) is 0.598. The zero-order valence-corrected chi connectivity index (χ0v) is 14.8. The molecule has 0 saturated carbocycles. The molecule has 4 rings (SSSR count). The quantitative estimate of drug-likeness (QED) is 0.815. The Kier molecular flexibility index (Phi) is 4.11. The largest absolute Gasteiger partial charge is 0.354 e. The minimum Gasteiger partial charge on any atom is -0.354 e. The first-order chi connectivity index (χ1) is 11.6. The first kappa shape index (κ1) is 15.7. The number of amidine groups is 1. The highest BCUT2D eigenvalue weighted by Crippen LogP contribution is 2.27. The molecule has 0 radical (unpaired) electrons. The van der Waals surface area contributed by atoms with Gasteiger partial charge >= 0.3 is 0 Å². The van der Waals surface area contributed by atoms with Crippen molar-refractivity contribution in [1.29, 1.82) is 0 Å². The maximum absolute atomic E-state index is 12.2. The van der Waals surface area contributed by atoms with Gasteiger partial charge in [-0.3, -0.25) is 4.90 Å². The number of hydrogen-bond acceptors (Lipinski definition) is 6. The van der Waals surface area contributed by atoms with Crippen LogP contribution in [0.3, 0.4) is 0 Å². The molecule has 8 heteroatoms. The van der Waals surface area contributed by atoms with Crippen LogP contribution in [0.5, 0.6) is 0 Å². The number of aromatic nitrogens is 1. The molecule has 1 aromatic heterocycles. The van der Waals surface area contributed by atoms with Crippen LogP contribution >= 0.6 is 11.3 Å². The molecule has 0 atom stereocenters. The molecule has 126 valence electrons. The van der Waals surface area contributed by atoms with Crippen LogP contribution in [0.25, 0.3) is 0 Å². The molecular formula is C16H18N4O2S2. The number of benzene rings is 1. The van der Waals surface area contributed by atoms with E-state index in [9.17, 15) is 8.42 Å². The molecule has 2 aromatic rings. The maximum Gasteiger partial charge on any atom is 0.285 e. The van der Waals surface area contributed by atoms with Gasteiger partial charge in [0.1, 0.15) is 4.90 Å². The van der Waals surface area contributed by atoms with E-state index in [0.29, 0.717) is 10.7 Å². The summed E-state index contributed by atoms with van der Waals surface area (Å²) in [6, 6.07) is 7.08. The van der Waals surface area contributed by atoms with Crippen LogP contribution in [-0.2, 0) is 16.6 Å². The van der Waals surface area contributed by atoms with E-state index in [0.717, 1.165) is 50.4 Å². The molecule has 2 aliphatic rings. The third-order valence-electron chi connectivity index (χ3n) is 4.37. The Bertz CT molecular complexity index is 862. The third-order valence-corrected chi connectivity index (χ3v) is 6.33. The highest BCUT2D eigenvalue weighted by atomic mass is 32.2. The van der Waals surface area contributed by atoms with Crippen molar-refractivity contribution in [2.45, 2.75) is 17.9 Å². The van der Waals surface area contributed by atoms with Crippen molar-refractivity contribution in [2.75, 3.05) is 26.2 Å². The van der Waals surface area contributed by atoms with E-state index in [2.05, 4.69) is 24.6 Å². The average Bonchev–Trinajstić information content (AvgIpc) is 3.09. The van der Waals surface area contributed by atoms with Gasteiger partial charge in [-0.1, -0.05) is 12.1 Å². The molecule has 0 amide bonds. The molecule has 1 fully saturated rings. The number of hydrogen-bond donors (Lipinski definition) is 0. The number of nitrogens with zero attached hydrogens (tertiary/aromatic N) is 4. The molecule has 3 heterocycles. The molecular weight excluding hydrogens is 344 g/mol. The Morgan fingerprint density at radius 2 is 2.00 bits per heavy atom. The molecule has 1 aromatic carbocycles. The fourth-order valence-electron chi connectivity index (χ4n) is 3.20. The van der Waals surface area contributed by atoms with Gasteiger partial charge in [-0.2, -0.15) is 8.42 Å². The average molecular weight is 362 g/mol. The summed E-state index contributed by atoms with van der Waals surface area (Å²) in [5.41, 5.74) is 3.68. The van der Waals surface area contributed by atoms with E-state index in [-0.39, 0.29) is 0 Å². The van der Waals surface area contributed by atoms with Gasteiger partial charge in [0.05, 0.1) is 11.2 Å². The standard InChI is InChI=1S/C16H18N4O2S2/c21-24(22)15-5-2-1-4-14(15)16(18-24)20-7-3-6-19(8-9-20)10-13-11-23-12-17-13/h1-2,4-5,11-12H,3,6-10H2. The van der Waals surface area contributed by atoms with Gasteiger partial charge in [0.2, 0.25) is 0 Å². The Labute approximate surface area is 145 Å². The summed E-state index contributed by atoms with van der Waals surface area (Å²) in [4.78, 5) is 9.14. The van der Waals surface area contributed by atoms with Crippen molar-refractivity contribution in [1.82, 2.24) is 14.8 Å². The van der Waals surface area contributed by atoms with E-state index in [1.54, 1.807) is 23.5 Å². The number of fused-ring (bicyclic) bond motifs is 1. The SMILES string of the molecule is O=S1(=O)N=C(N2CCCN(Cc3cscn3)CC2)c2ccccc21. The predicted molar refractivity (Wildman–Crippen MR) is 93.7 cm³/mol. The van der Waals surface area contributed by atoms with E-state index in [1.165, 1.54) is 0 Å². The number of thiazole rings is 1. The summed E-state index contributed by atoms with van der Waals surface area (Å²) in [5, 5.41) is 2.08. The highest BCUT2D eigenvalue weighted by molar-refractivity contribution is 7.90. The maximum atomic E-state index is 12.2. The topological polar surface area (TPSA) is 65.9 Å². The fourth-order valence-corrected chi connectivity index (χ4v) is 4.98. The van der Waals surface area contributed by atoms with Gasteiger partial charge in [0, 0.05) is 43.7 Å². The van der Waals surface area contributed by atoms with Crippen molar-refractivity contribution >= 4 is 27.2 Å². The summed E-state index contributed by atoms with van der Waals surface area (Å²) in [6.45, 7) is 4.29. The second-order valence-electron chi connectivity index (χ2n) is 5.98. The van der Waals surface area contributed by atoms with Gasteiger partial charge < -0.3 is 4.90 Å². The zero-order valence-electron chi connectivity index (χ0n) is 13.1. The molecule has 0 aliphatic carbocycles. The summed E-state index contributed by atoms with van der Waals surface area (Å²) in [6.07, 6.45) is 0.978. The number of sulfonamides is 1. The van der Waals surface area contributed by atoms with Crippen LogP contribution < -0.4 is 0 Å². The zero-order chi connectivity index (χ0) is 16.6. The normalized spacial score (nSPS) is 20.5. The molecule has 0 unspecified atom stereocenters. The third kappa shape index (κ3) is 2.97. The smallest absolute Gasteiger partial charge is 0.285 e. The van der Waals surface area contributed by atoms with Gasteiger partial charge in [0.15, 0.2) is 5.84 Å². The summed E-state index contributed by atoms with van der Waals surface area (Å²) in [7, 11) is -3.55. The predicted octanol–water partition coefficient (Wildman–Crippen LogP) is 1.80. The number of rotatable bonds is 2. The van der Waals surface area contributed by atoms with Gasteiger partial charge in [-0.05, 0) is 18.6 Å². The molecule has 1 saturated heterocycles. The Hall–Kier alpha value is -1.77. The lowest BCUT2D eigenvalue weighted by atomic mass is 10.2. The minimum atomic E-state index is -3.55. The minimum absolute atomic E-state index is 0.323. The van der Waals surface area contributed by atoms with Gasteiger partial charge in [0.25, 0.3) is 10.0 Å². The van der Waals surface area contributed by atoms with Crippen LogP contribution in [0.15, 0.2) is 44.4 Å². The molecule has 0 bridgehead atoms. The van der Waals surface area contributed by atoms with Crippen LogP contribution in [0.4, 0.5) is 0 Å². The summed E-state index contributed by atoms with van der Waals surface area (Å²) < 4.78 is 28.5. The molecule has 0 spiro atoms. The first-order valence-electron chi connectivity index (χ1n) is 7.92. The van der Waals surface area contributed by atoms with Gasteiger partial charge in [-0.15, -0.1) is 15.7 Å². The molecule has 24 heavy (non-hydrogen) atoms. The lowest BCUT2D eigenvalue weighted by Crippen LogP contribution is -2.35. The molecule has 2 aliphatic heterocycles. The monoisotopic (exact) mass is 362 g/mol. The van der Waals surface area contributed by atoms with Crippen molar-refractivity contribution in [3.05, 3.63) is 46.4 Å². The van der Waals surface area contributed by atoms with Crippen LogP contribution in [0.2, 0.25) is 0 Å². The van der Waals surface area contributed by atoms with Crippen molar-refractivity contribution in [3.8, 4) is 0 Å². The van der Waals surface area contributed by atoms with E-state index in [1.807, 2.05) is 17.6 Å². The van der Waals surface area contributed by atoms with Crippen LogP contribution in [0.1, 0.15) is 17.7 Å². The van der Waals surface area contributed by atoms with Gasteiger partial charge in [-0.25, -0.2) is 4.98 Å². The van der Waals surface area contributed by atoms with E-state index < -0.39 is 10.0 Å². The second kappa shape index (κ2) is 6.27. The van der Waals surface area contributed by atoms with Crippen LogP contribution in [0, 0.1) is 0 Å². The Morgan fingerprint density at radius 3 is 2.83 bits per heavy atom. The van der Waals surface area contributed by atoms with E-state index in [4.69, 9.17) is 0 Å². The van der Waals surface area contributed by atoms with Crippen molar-refractivity contribution < 1.29 is 8.42 Å². The molecule has 6 nitrogen and oxygen atoms in total. The fraction of sp³-hybridized carbons (Fsp3) is 0.375.